The van der Waals surface area contributed by atoms with Gasteiger partial charge in [-0.25, -0.2) is 4.79 Å². The van der Waals surface area contributed by atoms with E-state index < -0.39 is 12.0 Å². The first-order valence-electron chi connectivity index (χ1n) is 8.69. The summed E-state index contributed by atoms with van der Waals surface area (Å²) in [6, 6.07) is 4.11. The van der Waals surface area contributed by atoms with Crippen LogP contribution in [-0.2, 0) is 14.3 Å². The molecule has 27 heavy (non-hydrogen) atoms. The molecule has 1 atom stereocenters. The fraction of sp³-hybridized carbons (Fsp3) is 0.526. The van der Waals surface area contributed by atoms with E-state index in [1.807, 2.05) is 13.8 Å². The van der Waals surface area contributed by atoms with Crippen molar-refractivity contribution in [2.75, 3.05) is 27.9 Å². The van der Waals surface area contributed by atoms with Gasteiger partial charge in [-0.3, -0.25) is 9.59 Å². The summed E-state index contributed by atoms with van der Waals surface area (Å²) in [6.45, 7) is 4.03. The second kappa shape index (κ2) is 11.1. The number of esters is 1. The molecule has 8 heteroatoms. The number of hydrogen-bond donors (Lipinski definition) is 2. The van der Waals surface area contributed by atoms with Gasteiger partial charge >= 0.3 is 5.97 Å². The molecule has 0 saturated heterocycles. The summed E-state index contributed by atoms with van der Waals surface area (Å²) in [5.74, 6) is 0.0320. The summed E-state index contributed by atoms with van der Waals surface area (Å²) in [7, 11) is 4.28. The van der Waals surface area contributed by atoms with Crippen LogP contribution in [-0.4, -0.2) is 51.7 Å². The zero-order chi connectivity index (χ0) is 20.4. The molecule has 1 aromatic carbocycles. The van der Waals surface area contributed by atoms with E-state index in [4.69, 9.17) is 14.2 Å². The van der Waals surface area contributed by atoms with Crippen LogP contribution in [0.1, 0.15) is 37.0 Å². The Balaban J connectivity index is 2.55. The van der Waals surface area contributed by atoms with Crippen molar-refractivity contribution >= 4 is 17.8 Å². The lowest BCUT2D eigenvalue weighted by Gasteiger charge is -2.18. The highest BCUT2D eigenvalue weighted by atomic mass is 16.5. The maximum atomic E-state index is 12.2. The zero-order valence-corrected chi connectivity index (χ0v) is 16.5. The fourth-order valence-electron chi connectivity index (χ4n) is 2.46. The molecular weight excluding hydrogens is 352 g/mol. The highest BCUT2D eigenvalue weighted by Crippen LogP contribution is 2.27. The Labute approximate surface area is 159 Å². The molecule has 150 valence electrons. The highest BCUT2D eigenvalue weighted by molar-refractivity contribution is 5.95. The molecule has 0 aliphatic rings. The van der Waals surface area contributed by atoms with E-state index in [2.05, 4.69) is 10.6 Å². The average molecular weight is 380 g/mol. The Kier molecular flexibility index (Phi) is 9.12. The maximum Gasteiger partial charge on any atom is 0.328 e. The molecule has 0 bridgehead atoms. The van der Waals surface area contributed by atoms with E-state index in [9.17, 15) is 14.4 Å². The normalized spacial score (nSPS) is 11.5. The van der Waals surface area contributed by atoms with Crippen molar-refractivity contribution in [1.29, 1.82) is 0 Å². The second-order valence-electron chi connectivity index (χ2n) is 6.35. The topological polar surface area (TPSA) is 103 Å². The monoisotopic (exact) mass is 380 g/mol. The molecule has 2 N–H and O–H groups in total. The van der Waals surface area contributed by atoms with E-state index >= 15 is 0 Å². The fourth-order valence-corrected chi connectivity index (χ4v) is 2.46. The maximum absolute atomic E-state index is 12.2. The van der Waals surface area contributed by atoms with Gasteiger partial charge in [0, 0.05) is 18.5 Å². The molecule has 0 aliphatic carbocycles. The molecular formula is C19H28N2O6. The second-order valence-corrected chi connectivity index (χ2v) is 6.35. The van der Waals surface area contributed by atoms with E-state index in [1.165, 1.54) is 21.3 Å². The molecule has 0 fully saturated rings. The van der Waals surface area contributed by atoms with Crippen molar-refractivity contribution < 1.29 is 28.6 Å². The summed E-state index contributed by atoms with van der Waals surface area (Å²) in [5, 5.41) is 5.31. The van der Waals surface area contributed by atoms with Crippen LogP contribution < -0.4 is 20.1 Å². The molecule has 0 heterocycles. The van der Waals surface area contributed by atoms with Gasteiger partial charge in [0.25, 0.3) is 5.91 Å². The molecule has 0 unspecified atom stereocenters. The predicted molar refractivity (Wildman–Crippen MR) is 99.9 cm³/mol. The van der Waals surface area contributed by atoms with Gasteiger partial charge in [-0.15, -0.1) is 0 Å². The first-order valence-corrected chi connectivity index (χ1v) is 8.69. The molecule has 0 radical (unpaired) electrons. The lowest BCUT2D eigenvalue weighted by Crippen LogP contribution is -2.43. The van der Waals surface area contributed by atoms with Crippen LogP contribution in [0.15, 0.2) is 18.2 Å². The van der Waals surface area contributed by atoms with Crippen LogP contribution in [0.25, 0.3) is 0 Å². The van der Waals surface area contributed by atoms with Gasteiger partial charge in [0.1, 0.15) is 6.04 Å². The van der Waals surface area contributed by atoms with Crippen molar-refractivity contribution in [3.63, 3.8) is 0 Å². The first-order chi connectivity index (χ1) is 12.8. The van der Waals surface area contributed by atoms with Crippen molar-refractivity contribution in [2.45, 2.75) is 32.7 Å². The summed E-state index contributed by atoms with van der Waals surface area (Å²) in [6.07, 6.45) is 0.529. The molecule has 0 spiro atoms. The Hall–Kier alpha value is -2.77. The molecule has 0 aliphatic heterocycles. The van der Waals surface area contributed by atoms with Gasteiger partial charge in [-0.2, -0.15) is 0 Å². The van der Waals surface area contributed by atoms with Crippen LogP contribution in [0, 0.1) is 5.92 Å². The Morgan fingerprint density at radius 2 is 1.70 bits per heavy atom. The van der Waals surface area contributed by atoms with Gasteiger partial charge in [-0.05, 0) is 30.5 Å². The number of amides is 2. The van der Waals surface area contributed by atoms with Crippen molar-refractivity contribution in [1.82, 2.24) is 10.6 Å². The summed E-state index contributed by atoms with van der Waals surface area (Å²) in [4.78, 5) is 36.0. The third-order valence-corrected chi connectivity index (χ3v) is 3.81. The summed E-state index contributed by atoms with van der Waals surface area (Å²) < 4.78 is 15.0. The summed E-state index contributed by atoms with van der Waals surface area (Å²) in [5.41, 5.74) is 0.389. The third kappa shape index (κ3) is 7.16. The Bertz CT molecular complexity index is 660. The smallest absolute Gasteiger partial charge is 0.328 e. The third-order valence-electron chi connectivity index (χ3n) is 3.81. The molecule has 1 rings (SSSR count). The van der Waals surface area contributed by atoms with Crippen LogP contribution in [0.5, 0.6) is 11.5 Å². The number of ether oxygens (including phenoxy) is 3. The number of hydrogen-bond acceptors (Lipinski definition) is 6. The minimum absolute atomic E-state index is 0.0462. The quantitative estimate of drug-likeness (QED) is 0.597. The van der Waals surface area contributed by atoms with Crippen molar-refractivity contribution in [3.05, 3.63) is 23.8 Å². The van der Waals surface area contributed by atoms with E-state index in [0.29, 0.717) is 23.5 Å². The van der Waals surface area contributed by atoms with Crippen molar-refractivity contribution in [2.24, 2.45) is 5.92 Å². The lowest BCUT2D eigenvalue weighted by atomic mass is 10.0. The highest BCUT2D eigenvalue weighted by Gasteiger charge is 2.22. The largest absolute Gasteiger partial charge is 0.493 e. The molecule has 1 aromatic rings. The van der Waals surface area contributed by atoms with Gasteiger partial charge in [0.05, 0.1) is 21.3 Å². The lowest BCUT2D eigenvalue weighted by molar-refractivity contribution is -0.145. The number of carbonyl (C=O) groups is 3. The van der Waals surface area contributed by atoms with E-state index in [-0.39, 0.29) is 30.7 Å². The van der Waals surface area contributed by atoms with Crippen molar-refractivity contribution in [3.8, 4) is 11.5 Å². The van der Waals surface area contributed by atoms with Crippen LogP contribution in [0.2, 0.25) is 0 Å². The molecule has 8 nitrogen and oxygen atoms in total. The summed E-state index contributed by atoms with van der Waals surface area (Å²) >= 11 is 0. The Morgan fingerprint density at radius 3 is 2.26 bits per heavy atom. The van der Waals surface area contributed by atoms with E-state index in [0.717, 1.165) is 0 Å². The van der Waals surface area contributed by atoms with Gasteiger partial charge in [-0.1, -0.05) is 13.8 Å². The Morgan fingerprint density at radius 1 is 1.04 bits per heavy atom. The van der Waals surface area contributed by atoms with E-state index in [1.54, 1.807) is 18.2 Å². The van der Waals surface area contributed by atoms with Crippen LogP contribution >= 0.6 is 0 Å². The van der Waals surface area contributed by atoms with Gasteiger partial charge in [0.2, 0.25) is 5.91 Å². The number of nitrogens with one attached hydrogen (secondary N) is 2. The van der Waals surface area contributed by atoms with Gasteiger partial charge < -0.3 is 24.8 Å². The minimum atomic E-state index is -0.691. The molecule has 0 aromatic heterocycles. The first kappa shape index (κ1) is 22.3. The predicted octanol–water partition coefficient (Wildman–Crippen LogP) is 1.53. The minimum Gasteiger partial charge on any atom is -0.493 e. The number of rotatable bonds is 10. The molecule has 2 amide bonds. The number of carbonyl (C=O) groups excluding carboxylic acids is 3. The SMILES string of the molecule is COC(=O)[C@@H](CC(C)C)NC(=O)CCNC(=O)c1ccc(OC)c(OC)c1. The number of benzene rings is 1. The zero-order valence-electron chi connectivity index (χ0n) is 16.5. The van der Waals surface area contributed by atoms with Crippen LogP contribution in [0.4, 0.5) is 0 Å². The standard InChI is InChI=1S/C19H28N2O6/c1-12(2)10-14(19(24)27-5)21-17(22)8-9-20-18(23)13-6-7-15(25-3)16(11-13)26-4/h6-7,11-12,14H,8-10H2,1-5H3,(H,20,23)(H,21,22)/t14-/m1/s1. The van der Waals surface area contributed by atoms with Gasteiger partial charge in [0.15, 0.2) is 11.5 Å². The number of methoxy groups -OCH3 is 3. The average Bonchev–Trinajstić information content (AvgIpc) is 2.65. The van der Waals surface area contributed by atoms with Crippen LogP contribution in [0.3, 0.4) is 0 Å². The molecule has 0 saturated carbocycles.